The van der Waals surface area contributed by atoms with Crippen LogP contribution in [0.1, 0.15) is 23.0 Å². The highest BCUT2D eigenvalue weighted by Gasteiger charge is 2.55. The molecule has 2 amide bonds. The first-order valence-corrected chi connectivity index (χ1v) is 10.9. The van der Waals surface area contributed by atoms with Gasteiger partial charge in [-0.2, -0.15) is 0 Å². The molecule has 1 heterocycles. The normalized spacial score (nSPS) is 25.4. The van der Waals surface area contributed by atoms with Crippen LogP contribution in [0.3, 0.4) is 0 Å². The fourth-order valence-corrected chi connectivity index (χ4v) is 5.04. The molecule has 2 aliphatic rings. The van der Waals surface area contributed by atoms with E-state index in [9.17, 15) is 9.59 Å². The molecule has 1 aliphatic carbocycles. The van der Waals surface area contributed by atoms with Crippen LogP contribution in [0.25, 0.3) is 0 Å². The molecule has 148 valence electrons. The van der Waals surface area contributed by atoms with Gasteiger partial charge in [0.2, 0.25) is 11.8 Å². The van der Waals surface area contributed by atoms with E-state index in [1.807, 2.05) is 84.9 Å². The number of nitrogens with zero attached hydrogens (tertiary/aromatic N) is 1. The Kier molecular flexibility index (Phi) is 4.87. The zero-order chi connectivity index (χ0) is 20.7. The number of halogens is 1. The average molecular weight is 458 g/mol. The summed E-state index contributed by atoms with van der Waals surface area (Å²) >= 11 is 3.43. The van der Waals surface area contributed by atoms with Gasteiger partial charge in [-0.05, 0) is 35.4 Å². The Hall–Kier alpha value is -2.98. The second-order valence-corrected chi connectivity index (χ2v) is 8.71. The third-order valence-corrected chi connectivity index (χ3v) is 6.68. The van der Waals surface area contributed by atoms with Gasteiger partial charge in [-0.3, -0.25) is 9.59 Å². The van der Waals surface area contributed by atoms with Crippen molar-refractivity contribution in [2.24, 2.45) is 11.8 Å². The molecule has 0 saturated carbocycles. The van der Waals surface area contributed by atoms with Crippen LogP contribution in [-0.2, 0) is 9.59 Å². The van der Waals surface area contributed by atoms with Crippen LogP contribution in [-0.4, -0.2) is 11.8 Å². The van der Waals surface area contributed by atoms with Gasteiger partial charge in [-0.1, -0.05) is 88.7 Å². The van der Waals surface area contributed by atoms with Gasteiger partial charge in [0.15, 0.2) is 0 Å². The zero-order valence-corrected chi connectivity index (χ0v) is 17.8. The quantitative estimate of drug-likeness (QED) is 0.374. The first-order chi connectivity index (χ1) is 14.6. The Balaban J connectivity index is 1.63. The van der Waals surface area contributed by atoms with Gasteiger partial charge in [0, 0.05) is 16.3 Å². The second-order valence-electron chi connectivity index (χ2n) is 7.80. The lowest BCUT2D eigenvalue weighted by Crippen LogP contribution is -2.31. The predicted molar refractivity (Wildman–Crippen MR) is 121 cm³/mol. The Labute approximate surface area is 184 Å². The lowest BCUT2D eigenvalue weighted by atomic mass is 9.68. The third kappa shape index (κ3) is 3.12. The summed E-state index contributed by atoms with van der Waals surface area (Å²) < 4.78 is 0.911. The molecule has 30 heavy (non-hydrogen) atoms. The van der Waals surface area contributed by atoms with Gasteiger partial charge in [-0.25, -0.2) is 4.90 Å². The van der Waals surface area contributed by atoms with Crippen molar-refractivity contribution in [2.75, 3.05) is 4.90 Å². The van der Waals surface area contributed by atoms with Crippen molar-refractivity contribution in [1.82, 2.24) is 0 Å². The molecular formula is C26H20BrNO2. The van der Waals surface area contributed by atoms with Gasteiger partial charge >= 0.3 is 0 Å². The molecule has 1 saturated heterocycles. The van der Waals surface area contributed by atoms with Crippen molar-refractivity contribution >= 4 is 33.4 Å². The van der Waals surface area contributed by atoms with Crippen molar-refractivity contribution in [3.8, 4) is 0 Å². The van der Waals surface area contributed by atoms with Crippen LogP contribution in [0, 0.1) is 11.8 Å². The fraction of sp³-hybridized carbons (Fsp3) is 0.154. The van der Waals surface area contributed by atoms with Crippen LogP contribution < -0.4 is 4.90 Å². The molecule has 4 heteroatoms. The van der Waals surface area contributed by atoms with Gasteiger partial charge in [0.05, 0.1) is 17.5 Å². The molecule has 1 aliphatic heterocycles. The van der Waals surface area contributed by atoms with Crippen molar-refractivity contribution in [3.05, 3.63) is 113 Å². The van der Waals surface area contributed by atoms with Crippen molar-refractivity contribution in [1.29, 1.82) is 0 Å². The summed E-state index contributed by atoms with van der Waals surface area (Å²) in [6, 6.07) is 27.4. The monoisotopic (exact) mass is 457 g/mol. The predicted octanol–water partition coefficient (Wildman–Crippen LogP) is 5.69. The van der Waals surface area contributed by atoms with E-state index in [4.69, 9.17) is 0 Å². The molecule has 0 spiro atoms. The molecule has 5 rings (SSSR count). The number of imide groups is 1. The molecule has 1 fully saturated rings. The molecule has 3 aromatic carbocycles. The second kappa shape index (κ2) is 7.69. The minimum atomic E-state index is -0.418. The lowest BCUT2D eigenvalue weighted by molar-refractivity contribution is -0.122. The molecular weight excluding hydrogens is 438 g/mol. The maximum atomic E-state index is 13.7. The maximum Gasteiger partial charge on any atom is 0.238 e. The molecule has 4 atom stereocenters. The maximum absolute atomic E-state index is 13.7. The first kappa shape index (κ1) is 19.0. The van der Waals surface area contributed by atoms with E-state index in [0.717, 1.165) is 15.6 Å². The topological polar surface area (TPSA) is 37.4 Å². The van der Waals surface area contributed by atoms with E-state index < -0.39 is 11.8 Å². The standard InChI is InChI=1S/C26H20BrNO2/c27-19-11-13-20(14-12-19)28-25(29)23-21(17-7-3-1-4-8-17)15-16-22(24(23)26(28)30)18-9-5-2-6-10-18/h1-16,21-24H/t21-,22+,23-,24+. The summed E-state index contributed by atoms with van der Waals surface area (Å²) in [7, 11) is 0. The summed E-state index contributed by atoms with van der Waals surface area (Å²) in [5.41, 5.74) is 2.75. The first-order valence-electron chi connectivity index (χ1n) is 10.1. The van der Waals surface area contributed by atoms with Crippen LogP contribution in [0.2, 0.25) is 0 Å². The molecule has 0 aromatic heterocycles. The van der Waals surface area contributed by atoms with E-state index in [1.54, 1.807) is 0 Å². The summed E-state index contributed by atoms with van der Waals surface area (Å²) in [6.07, 6.45) is 4.23. The smallest absolute Gasteiger partial charge is 0.238 e. The number of benzene rings is 3. The van der Waals surface area contributed by atoms with Crippen LogP contribution >= 0.6 is 15.9 Å². The number of fused-ring (bicyclic) bond motifs is 1. The largest absolute Gasteiger partial charge is 0.274 e. The third-order valence-electron chi connectivity index (χ3n) is 6.15. The highest BCUT2D eigenvalue weighted by Crippen LogP contribution is 2.50. The molecule has 0 bridgehead atoms. The van der Waals surface area contributed by atoms with E-state index in [0.29, 0.717) is 5.69 Å². The number of amides is 2. The molecule has 0 unspecified atom stereocenters. The number of anilines is 1. The van der Waals surface area contributed by atoms with Crippen LogP contribution in [0.4, 0.5) is 5.69 Å². The van der Waals surface area contributed by atoms with E-state index >= 15 is 0 Å². The summed E-state index contributed by atoms with van der Waals surface area (Å²) in [5.74, 6) is -1.31. The number of allylic oxidation sites excluding steroid dienone is 2. The average Bonchev–Trinajstić information content (AvgIpc) is 3.06. The van der Waals surface area contributed by atoms with E-state index in [-0.39, 0.29) is 23.7 Å². The van der Waals surface area contributed by atoms with Gasteiger partial charge < -0.3 is 0 Å². The summed E-state index contributed by atoms with van der Waals surface area (Å²) in [4.78, 5) is 28.7. The Morgan fingerprint density at radius 1 is 0.600 bits per heavy atom. The number of carbonyl (C=O) groups excluding carboxylic acids is 2. The van der Waals surface area contributed by atoms with Gasteiger partial charge in [0.1, 0.15) is 0 Å². The van der Waals surface area contributed by atoms with Crippen molar-refractivity contribution in [2.45, 2.75) is 11.8 Å². The van der Waals surface area contributed by atoms with Crippen LogP contribution in [0.5, 0.6) is 0 Å². The van der Waals surface area contributed by atoms with Gasteiger partial charge in [0.25, 0.3) is 0 Å². The number of hydrogen-bond donors (Lipinski definition) is 0. The molecule has 0 radical (unpaired) electrons. The van der Waals surface area contributed by atoms with E-state index in [1.165, 1.54) is 4.90 Å². The number of hydrogen-bond acceptors (Lipinski definition) is 2. The Morgan fingerprint density at radius 3 is 1.47 bits per heavy atom. The minimum Gasteiger partial charge on any atom is -0.274 e. The van der Waals surface area contributed by atoms with E-state index in [2.05, 4.69) is 28.1 Å². The van der Waals surface area contributed by atoms with Gasteiger partial charge in [-0.15, -0.1) is 0 Å². The van der Waals surface area contributed by atoms with Crippen molar-refractivity contribution in [3.63, 3.8) is 0 Å². The molecule has 3 aromatic rings. The van der Waals surface area contributed by atoms with Crippen molar-refractivity contribution < 1.29 is 9.59 Å². The zero-order valence-electron chi connectivity index (χ0n) is 16.2. The summed E-state index contributed by atoms with van der Waals surface area (Å²) in [6.45, 7) is 0. The fourth-order valence-electron chi connectivity index (χ4n) is 4.78. The Morgan fingerprint density at radius 2 is 1.03 bits per heavy atom. The minimum absolute atomic E-state index is 0.118. The number of carbonyl (C=O) groups is 2. The molecule has 3 nitrogen and oxygen atoms in total. The lowest BCUT2D eigenvalue weighted by Gasteiger charge is -2.32. The van der Waals surface area contributed by atoms with Crippen LogP contribution in [0.15, 0.2) is 102 Å². The highest BCUT2D eigenvalue weighted by molar-refractivity contribution is 9.10. The SMILES string of the molecule is O=C1[C@@H]2[C@H](C(=O)N1c1ccc(Br)cc1)[C@@H](c1ccccc1)C=C[C@H]2c1ccccc1. The highest BCUT2D eigenvalue weighted by atomic mass is 79.9. The molecule has 0 N–H and O–H groups in total. The summed E-state index contributed by atoms with van der Waals surface area (Å²) in [5, 5.41) is 0. The number of rotatable bonds is 3. The Bertz CT molecular complexity index is 1040.